The zero-order valence-corrected chi connectivity index (χ0v) is 13.5. The zero-order chi connectivity index (χ0) is 16.2. The van der Waals surface area contributed by atoms with Gasteiger partial charge in [-0.2, -0.15) is 0 Å². The molecule has 1 amide bonds. The van der Waals surface area contributed by atoms with Crippen molar-refractivity contribution >= 4 is 53.0 Å². The Balaban J connectivity index is 2.04. The van der Waals surface area contributed by atoms with Crippen LogP contribution >= 0.6 is 34.8 Å². The summed E-state index contributed by atoms with van der Waals surface area (Å²) in [6, 6.07) is 6.80. The lowest BCUT2D eigenvalue weighted by Crippen LogP contribution is -2.21. The Morgan fingerprint density at radius 1 is 1.23 bits per heavy atom. The summed E-state index contributed by atoms with van der Waals surface area (Å²) in [6.07, 6.45) is 2.76. The van der Waals surface area contributed by atoms with Crippen LogP contribution in [0.3, 0.4) is 0 Å². The third-order valence-corrected chi connectivity index (χ3v) is 2.88. The number of nitrogens with zero attached hydrogens (tertiary/aromatic N) is 2. The standard InChI is InChI=1S/C13H10Cl3N3O3/c1-17-12(20)21-9-5-2-8(3-6-9)4-7-10-18-19-11(22-10)13(14,15)16/h2-7H,1H3,(H,17,20). The van der Waals surface area contributed by atoms with Gasteiger partial charge in [-0.25, -0.2) is 4.79 Å². The fourth-order valence-electron chi connectivity index (χ4n) is 1.39. The Morgan fingerprint density at radius 2 is 1.91 bits per heavy atom. The van der Waals surface area contributed by atoms with Gasteiger partial charge in [0.2, 0.25) is 5.89 Å². The van der Waals surface area contributed by atoms with E-state index in [9.17, 15) is 4.79 Å². The molecule has 0 aliphatic carbocycles. The van der Waals surface area contributed by atoms with Gasteiger partial charge in [0.1, 0.15) is 5.75 Å². The molecule has 0 spiro atoms. The van der Waals surface area contributed by atoms with E-state index in [4.69, 9.17) is 44.0 Å². The van der Waals surface area contributed by atoms with Crippen LogP contribution in [0.5, 0.6) is 5.75 Å². The molecule has 1 aromatic carbocycles. The average Bonchev–Trinajstić information content (AvgIpc) is 2.95. The van der Waals surface area contributed by atoms with E-state index in [2.05, 4.69) is 15.5 Å². The molecule has 1 N–H and O–H groups in total. The van der Waals surface area contributed by atoms with Crippen LogP contribution in [0.15, 0.2) is 28.7 Å². The Kier molecular flexibility index (Phi) is 5.28. The van der Waals surface area contributed by atoms with E-state index in [1.54, 1.807) is 36.4 Å². The van der Waals surface area contributed by atoms with Crippen LogP contribution in [0.2, 0.25) is 0 Å². The average molecular weight is 363 g/mol. The Bertz CT molecular complexity index is 678. The number of rotatable bonds is 3. The number of carbonyl (C=O) groups excluding carboxylic acids is 1. The highest BCUT2D eigenvalue weighted by Crippen LogP contribution is 2.37. The molecule has 0 atom stereocenters. The highest BCUT2D eigenvalue weighted by molar-refractivity contribution is 6.66. The van der Waals surface area contributed by atoms with Crippen molar-refractivity contribution in [2.75, 3.05) is 7.05 Å². The molecular weight excluding hydrogens is 353 g/mol. The van der Waals surface area contributed by atoms with Crippen molar-refractivity contribution < 1.29 is 13.9 Å². The minimum Gasteiger partial charge on any atom is -0.417 e. The number of alkyl halides is 3. The third kappa shape index (κ3) is 4.62. The number of aromatic nitrogens is 2. The maximum atomic E-state index is 11.1. The number of hydrogen-bond acceptors (Lipinski definition) is 5. The minimum atomic E-state index is -1.75. The SMILES string of the molecule is CNC(=O)Oc1ccc(C=Cc2nnc(C(Cl)(Cl)Cl)o2)cc1. The quantitative estimate of drug-likeness (QED) is 0.841. The van der Waals surface area contributed by atoms with Gasteiger partial charge in [-0.1, -0.05) is 46.9 Å². The van der Waals surface area contributed by atoms with E-state index >= 15 is 0 Å². The van der Waals surface area contributed by atoms with Crippen molar-refractivity contribution in [3.05, 3.63) is 41.6 Å². The lowest BCUT2D eigenvalue weighted by Gasteiger charge is -2.03. The number of amides is 1. The molecule has 0 saturated carbocycles. The molecule has 1 aromatic heterocycles. The zero-order valence-electron chi connectivity index (χ0n) is 11.2. The number of ether oxygens (including phenoxy) is 1. The number of benzene rings is 1. The molecule has 6 nitrogen and oxygen atoms in total. The molecule has 0 radical (unpaired) electrons. The van der Waals surface area contributed by atoms with Crippen molar-refractivity contribution in [1.29, 1.82) is 0 Å². The second-order valence-electron chi connectivity index (χ2n) is 3.99. The summed E-state index contributed by atoms with van der Waals surface area (Å²) in [5, 5.41) is 9.71. The van der Waals surface area contributed by atoms with E-state index in [-0.39, 0.29) is 11.8 Å². The van der Waals surface area contributed by atoms with Gasteiger partial charge in [-0.05, 0) is 23.8 Å². The summed E-state index contributed by atoms with van der Waals surface area (Å²) in [6.45, 7) is 0. The Morgan fingerprint density at radius 3 is 2.45 bits per heavy atom. The molecule has 0 bridgehead atoms. The van der Waals surface area contributed by atoms with Gasteiger partial charge in [0.15, 0.2) is 0 Å². The normalized spacial score (nSPS) is 11.6. The Hall–Kier alpha value is -1.76. The lowest BCUT2D eigenvalue weighted by molar-refractivity contribution is 0.203. The second-order valence-corrected chi connectivity index (χ2v) is 6.27. The van der Waals surface area contributed by atoms with Crippen LogP contribution in [0.25, 0.3) is 12.2 Å². The number of carbonyl (C=O) groups is 1. The van der Waals surface area contributed by atoms with Crippen LogP contribution in [0.1, 0.15) is 17.3 Å². The summed E-state index contributed by atoms with van der Waals surface area (Å²) in [5.41, 5.74) is 0.831. The monoisotopic (exact) mass is 361 g/mol. The van der Waals surface area contributed by atoms with E-state index in [0.29, 0.717) is 5.75 Å². The Labute approximate surface area is 141 Å². The predicted molar refractivity (Wildman–Crippen MR) is 84.0 cm³/mol. The van der Waals surface area contributed by atoms with E-state index in [1.165, 1.54) is 7.05 Å². The first-order valence-electron chi connectivity index (χ1n) is 5.97. The number of hydrogen-bond donors (Lipinski definition) is 1. The molecule has 2 rings (SSSR count). The van der Waals surface area contributed by atoms with Crippen molar-refractivity contribution in [2.24, 2.45) is 0 Å². The summed E-state index contributed by atoms with van der Waals surface area (Å²) in [4.78, 5) is 11.1. The van der Waals surface area contributed by atoms with Crippen molar-refractivity contribution in [1.82, 2.24) is 15.5 Å². The van der Waals surface area contributed by atoms with Gasteiger partial charge in [-0.15, -0.1) is 10.2 Å². The fraction of sp³-hybridized carbons (Fsp3) is 0.154. The minimum absolute atomic E-state index is 0.105. The second kappa shape index (κ2) is 7.00. The van der Waals surface area contributed by atoms with Crippen LogP contribution in [-0.2, 0) is 3.79 Å². The van der Waals surface area contributed by atoms with Gasteiger partial charge in [0.05, 0.1) is 0 Å². The summed E-state index contributed by atoms with van der Waals surface area (Å²) in [7, 11) is 1.48. The number of halogens is 3. The van der Waals surface area contributed by atoms with Crippen molar-refractivity contribution in [2.45, 2.75) is 3.79 Å². The van der Waals surface area contributed by atoms with Gasteiger partial charge < -0.3 is 14.5 Å². The molecule has 9 heteroatoms. The van der Waals surface area contributed by atoms with Gasteiger partial charge in [-0.3, -0.25) is 0 Å². The highest BCUT2D eigenvalue weighted by Gasteiger charge is 2.29. The summed E-state index contributed by atoms with van der Waals surface area (Å²) < 4.78 is 8.39. The fourth-order valence-corrected chi connectivity index (χ4v) is 1.62. The molecular formula is C13H10Cl3N3O3. The number of nitrogens with one attached hydrogen (secondary N) is 1. The molecule has 0 fully saturated rings. The lowest BCUT2D eigenvalue weighted by atomic mass is 10.2. The molecule has 1 heterocycles. The molecule has 0 aliphatic rings. The highest BCUT2D eigenvalue weighted by atomic mass is 35.6. The summed E-state index contributed by atoms with van der Waals surface area (Å²) in [5.74, 6) is 0.520. The van der Waals surface area contributed by atoms with E-state index in [0.717, 1.165) is 5.56 Å². The van der Waals surface area contributed by atoms with E-state index in [1.807, 2.05) is 0 Å². The maximum absolute atomic E-state index is 11.1. The smallest absolute Gasteiger partial charge is 0.412 e. The van der Waals surface area contributed by atoms with E-state index < -0.39 is 9.89 Å². The molecule has 0 saturated heterocycles. The molecule has 2 aromatic rings. The van der Waals surface area contributed by atoms with Crippen molar-refractivity contribution in [3.63, 3.8) is 0 Å². The van der Waals surface area contributed by atoms with Gasteiger partial charge in [0, 0.05) is 13.1 Å². The predicted octanol–water partition coefficient (Wildman–Crippen LogP) is 3.78. The summed E-state index contributed by atoms with van der Waals surface area (Å²) >= 11 is 16.9. The first kappa shape index (κ1) is 16.6. The third-order valence-electron chi connectivity index (χ3n) is 2.40. The largest absolute Gasteiger partial charge is 0.417 e. The molecule has 0 unspecified atom stereocenters. The topological polar surface area (TPSA) is 77.2 Å². The molecule has 0 aliphatic heterocycles. The maximum Gasteiger partial charge on any atom is 0.412 e. The van der Waals surface area contributed by atoms with Crippen LogP contribution in [0.4, 0.5) is 4.79 Å². The van der Waals surface area contributed by atoms with Gasteiger partial charge in [0.25, 0.3) is 9.68 Å². The van der Waals surface area contributed by atoms with Crippen LogP contribution in [0, 0.1) is 0 Å². The molecule has 22 heavy (non-hydrogen) atoms. The van der Waals surface area contributed by atoms with Crippen LogP contribution < -0.4 is 10.1 Å². The van der Waals surface area contributed by atoms with Crippen LogP contribution in [-0.4, -0.2) is 23.3 Å². The van der Waals surface area contributed by atoms with Crippen molar-refractivity contribution in [3.8, 4) is 5.75 Å². The molecule has 116 valence electrons. The first-order valence-corrected chi connectivity index (χ1v) is 7.10. The first-order chi connectivity index (χ1) is 10.4. The van der Waals surface area contributed by atoms with Gasteiger partial charge >= 0.3 is 6.09 Å².